The number of imide groups is 1. The summed E-state index contributed by atoms with van der Waals surface area (Å²) in [7, 11) is 0. The molecule has 2 N–H and O–H groups in total. The molecular formula is C18H22N4O3S. The largest absolute Gasteiger partial charge is 0.334 e. The maximum atomic E-state index is 12.7. The van der Waals surface area contributed by atoms with E-state index >= 15 is 0 Å². The number of urea groups is 1. The van der Waals surface area contributed by atoms with Crippen LogP contribution in [-0.4, -0.2) is 33.8 Å². The Hall–Kier alpha value is -2.61. The van der Waals surface area contributed by atoms with Gasteiger partial charge in [-0.2, -0.15) is 0 Å². The van der Waals surface area contributed by atoms with E-state index in [0.717, 1.165) is 24.6 Å². The van der Waals surface area contributed by atoms with Gasteiger partial charge in [0.25, 0.3) is 5.56 Å². The molecule has 2 aromatic rings. The highest BCUT2D eigenvalue weighted by molar-refractivity contribution is 7.99. The summed E-state index contributed by atoms with van der Waals surface area (Å²) in [6, 6.07) is 6.56. The third-order valence-corrected chi connectivity index (χ3v) is 4.53. The molecule has 0 radical (unpaired) electrons. The smallest absolute Gasteiger partial charge is 0.321 e. The van der Waals surface area contributed by atoms with Crippen LogP contribution < -0.4 is 16.2 Å². The molecule has 0 atom stereocenters. The summed E-state index contributed by atoms with van der Waals surface area (Å²) in [6.45, 7) is 6.34. The van der Waals surface area contributed by atoms with Crippen molar-refractivity contribution in [3.05, 3.63) is 47.3 Å². The third kappa shape index (κ3) is 5.19. The topological polar surface area (TPSA) is 93.1 Å². The van der Waals surface area contributed by atoms with Gasteiger partial charge in [-0.25, -0.2) is 9.78 Å². The highest BCUT2D eigenvalue weighted by atomic mass is 32.2. The van der Waals surface area contributed by atoms with Gasteiger partial charge in [0.05, 0.1) is 16.7 Å². The number of fused-ring (bicyclic) bond motifs is 1. The number of hydrogen-bond acceptors (Lipinski definition) is 5. The summed E-state index contributed by atoms with van der Waals surface area (Å²) < 4.78 is 1.60. The van der Waals surface area contributed by atoms with Gasteiger partial charge in [-0.3, -0.25) is 19.5 Å². The van der Waals surface area contributed by atoms with Crippen LogP contribution in [-0.2, 0) is 11.3 Å². The molecule has 1 aromatic carbocycles. The lowest BCUT2D eigenvalue weighted by Gasteiger charge is -2.12. The zero-order valence-corrected chi connectivity index (χ0v) is 15.5. The molecule has 0 unspecified atom stereocenters. The van der Waals surface area contributed by atoms with E-state index < -0.39 is 11.9 Å². The first-order chi connectivity index (χ1) is 12.6. The number of para-hydroxylation sites is 1. The Morgan fingerprint density at radius 3 is 2.85 bits per heavy atom. The quantitative estimate of drug-likeness (QED) is 0.420. The molecule has 26 heavy (non-hydrogen) atoms. The molecule has 0 saturated heterocycles. The van der Waals surface area contributed by atoms with Crippen LogP contribution in [0.5, 0.6) is 0 Å². The average molecular weight is 374 g/mol. The molecule has 3 amide bonds. The van der Waals surface area contributed by atoms with Gasteiger partial charge in [0.1, 0.15) is 0 Å². The van der Waals surface area contributed by atoms with E-state index in [9.17, 15) is 14.4 Å². The minimum absolute atomic E-state index is 0.0155. The van der Waals surface area contributed by atoms with Crippen LogP contribution in [0.1, 0.15) is 19.8 Å². The van der Waals surface area contributed by atoms with E-state index in [1.807, 2.05) is 13.0 Å². The predicted octanol–water partition coefficient (Wildman–Crippen LogP) is 2.30. The number of aromatic nitrogens is 2. The van der Waals surface area contributed by atoms with Crippen molar-refractivity contribution in [2.24, 2.45) is 0 Å². The average Bonchev–Trinajstić information content (AvgIpc) is 2.64. The minimum Gasteiger partial charge on any atom is -0.334 e. The SMILES string of the molecule is C=CCNC(=O)NC(=O)CSc1nc2ccccc2c(=O)n1CCCC. The lowest BCUT2D eigenvalue weighted by atomic mass is 10.2. The number of benzene rings is 1. The van der Waals surface area contributed by atoms with E-state index in [-0.39, 0.29) is 17.9 Å². The minimum atomic E-state index is -0.578. The highest BCUT2D eigenvalue weighted by Gasteiger charge is 2.14. The number of carbonyl (C=O) groups excluding carboxylic acids is 2. The van der Waals surface area contributed by atoms with Crippen LogP contribution in [0.15, 0.2) is 46.9 Å². The summed E-state index contributed by atoms with van der Waals surface area (Å²) >= 11 is 1.14. The monoisotopic (exact) mass is 374 g/mol. The van der Waals surface area contributed by atoms with Crippen LogP contribution in [0.3, 0.4) is 0 Å². The number of carbonyl (C=O) groups is 2. The number of unbranched alkanes of at least 4 members (excludes halogenated alkanes) is 1. The first-order valence-electron chi connectivity index (χ1n) is 8.37. The Labute approximate surface area is 155 Å². The van der Waals surface area contributed by atoms with Crippen LogP contribution >= 0.6 is 11.8 Å². The summed E-state index contributed by atoms with van der Waals surface area (Å²) in [6.07, 6.45) is 3.29. The molecule has 2 rings (SSSR count). The van der Waals surface area contributed by atoms with Crippen molar-refractivity contribution >= 4 is 34.6 Å². The maximum absolute atomic E-state index is 12.7. The Morgan fingerprint density at radius 1 is 1.35 bits per heavy atom. The first-order valence-corrected chi connectivity index (χ1v) is 9.36. The molecule has 0 fully saturated rings. The number of nitrogens with zero attached hydrogens (tertiary/aromatic N) is 2. The Balaban J connectivity index is 2.16. The second-order valence-electron chi connectivity index (χ2n) is 5.56. The molecular weight excluding hydrogens is 352 g/mol. The third-order valence-electron chi connectivity index (χ3n) is 3.55. The van der Waals surface area contributed by atoms with Gasteiger partial charge in [-0.05, 0) is 18.6 Å². The van der Waals surface area contributed by atoms with Crippen molar-refractivity contribution in [2.45, 2.75) is 31.5 Å². The number of thioether (sulfide) groups is 1. The molecule has 0 bridgehead atoms. The van der Waals surface area contributed by atoms with Crippen molar-refractivity contribution in [2.75, 3.05) is 12.3 Å². The molecule has 1 aromatic heterocycles. The Morgan fingerprint density at radius 2 is 2.12 bits per heavy atom. The van der Waals surface area contributed by atoms with Crippen LogP contribution in [0.4, 0.5) is 4.79 Å². The standard InChI is InChI=1S/C18H22N4O3S/c1-3-5-11-22-16(24)13-8-6-7-9-14(13)20-18(22)26-12-15(23)21-17(25)19-10-4-2/h4,6-9H,2-3,5,10-12H2,1H3,(H2,19,21,23,25). The molecule has 138 valence electrons. The van der Waals surface area contributed by atoms with Gasteiger partial charge < -0.3 is 5.32 Å². The van der Waals surface area contributed by atoms with Crippen molar-refractivity contribution in [1.82, 2.24) is 20.2 Å². The second-order valence-corrected chi connectivity index (χ2v) is 6.50. The number of amides is 3. The zero-order chi connectivity index (χ0) is 18.9. The van der Waals surface area contributed by atoms with Gasteiger partial charge >= 0.3 is 6.03 Å². The molecule has 7 nitrogen and oxygen atoms in total. The number of hydrogen-bond donors (Lipinski definition) is 2. The molecule has 1 heterocycles. The first kappa shape index (κ1) is 19.7. The fourth-order valence-electron chi connectivity index (χ4n) is 2.27. The summed E-state index contributed by atoms with van der Waals surface area (Å²) in [4.78, 5) is 40.7. The van der Waals surface area contributed by atoms with E-state index in [0.29, 0.717) is 22.6 Å². The molecule has 0 saturated carbocycles. The second kappa shape index (κ2) is 9.76. The van der Waals surface area contributed by atoms with Crippen LogP contribution in [0, 0.1) is 0 Å². The lowest BCUT2D eigenvalue weighted by Crippen LogP contribution is -2.40. The summed E-state index contributed by atoms with van der Waals surface area (Å²) in [5, 5.41) is 5.72. The summed E-state index contributed by atoms with van der Waals surface area (Å²) in [5.41, 5.74) is 0.479. The number of nitrogens with one attached hydrogen (secondary N) is 2. The van der Waals surface area contributed by atoms with Crippen LogP contribution in [0.2, 0.25) is 0 Å². The van der Waals surface area contributed by atoms with Crippen molar-refractivity contribution in [3.63, 3.8) is 0 Å². The van der Waals surface area contributed by atoms with E-state index in [1.54, 1.807) is 22.8 Å². The Kier molecular flexibility index (Phi) is 7.40. The van der Waals surface area contributed by atoms with E-state index in [1.165, 1.54) is 6.08 Å². The molecule has 0 aliphatic heterocycles. The molecule has 0 aliphatic rings. The fraction of sp³-hybridized carbons (Fsp3) is 0.333. The van der Waals surface area contributed by atoms with Gasteiger partial charge in [0.2, 0.25) is 5.91 Å². The van der Waals surface area contributed by atoms with E-state index in [4.69, 9.17) is 0 Å². The predicted molar refractivity (Wildman–Crippen MR) is 103 cm³/mol. The molecule has 0 aliphatic carbocycles. The van der Waals surface area contributed by atoms with Crippen LogP contribution in [0.25, 0.3) is 10.9 Å². The summed E-state index contributed by atoms with van der Waals surface area (Å²) in [5.74, 6) is -0.473. The normalized spacial score (nSPS) is 10.5. The fourth-order valence-corrected chi connectivity index (χ4v) is 3.10. The van der Waals surface area contributed by atoms with Gasteiger partial charge in [0.15, 0.2) is 5.16 Å². The molecule has 0 spiro atoms. The van der Waals surface area contributed by atoms with Crippen molar-refractivity contribution < 1.29 is 9.59 Å². The Bertz CT molecular complexity index is 863. The van der Waals surface area contributed by atoms with Crippen molar-refractivity contribution in [3.8, 4) is 0 Å². The van der Waals surface area contributed by atoms with Gasteiger partial charge in [-0.1, -0.05) is 43.3 Å². The van der Waals surface area contributed by atoms with Gasteiger partial charge in [0, 0.05) is 13.1 Å². The number of rotatable bonds is 8. The van der Waals surface area contributed by atoms with E-state index in [2.05, 4.69) is 22.2 Å². The maximum Gasteiger partial charge on any atom is 0.321 e. The van der Waals surface area contributed by atoms with Gasteiger partial charge in [-0.15, -0.1) is 6.58 Å². The zero-order valence-electron chi connectivity index (χ0n) is 14.7. The highest BCUT2D eigenvalue weighted by Crippen LogP contribution is 2.18. The molecule has 8 heteroatoms. The lowest BCUT2D eigenvalue weighted by molar-refractivity contribution is -0.117. The van der Waals surface area contributed by atoms with Crippen molar-refractivity contribution in [1.29, 1.82) is 0 Å².